The molecule has 4 heteroatoms. The fourth-order valence-electron chi connectivity index (χ4n) is 3.51. The third-order valence-corrected chi connectivity index (χ3v) is 4.61. The molecule has 3 nitrogen and oxygen atoms in total. The molecule has 0 unspecified atom stereocenters. The second kappa shape index (κ2) is 8.11. The van der Waals surface area contributed by atoms with E-state index in [9.17, 15) is 4.79 Å². The Morgan fingerprint density at radius 3 is 2.53 bits per heavy atom. The van der Waals surface area contributed by atoms with Gasteiger partial charge in [0, 0.05) is 25.6 Å². The molecule has 1 saturated carbocycles. The summed E-state index contributed by atoms with van der Waals surface area (Å²) in [7, 11) is 2.00. The molecule has 2 aliphatic rings. The Balaban J connectivity index is 0.00000180. The second-order valence-electron chi connectivity index (χ2n) is 6.30. The van der Waals surface area contributed by atoms with E-state index >= 15 is 0 Å². The first-order valence-corrected chi connectivity index (χ1v) is 7.65. The second-order valence-corrected chi connectivity index (χ2v) is 6.30. The van der Waals surface area contributed by atoms with Gasteiger partial charge >= 0.3 is 0 Å². The van der Waals surface area contributed by atoms with Crippen LogP contribution in [0.5, 0.6) is 0 Å². The van der Waals surface area contributed by atoms with E-state index in [1.165, 1.54) is 32.1 Å². The zero-order chi connectivity index (χ0) is 13.0. The number of carbonyl (C=O) groups excluding carboxylic acids is 1. The standard InChI is InChI=1S/C15H28N2O.ClH/c1-12-10-14(8-9-16-12)15(18)17(2)11-13-6-4-3-5-7-13;/h12-14,16H,3-11H2,1-2H3;1H/t12-,14-;/m0./s1. The number of halogens is 1. The lowest BCUT2D eigenvalue weighted by Crippen LogP contribution is -2.44. The topological polar surface area (TPSA) is 32.3 Å². The Morgan fingerprint density at radius 1 is 1.21 bits per heavy atom. The van der Waals surface area contributed by atoms with Crippen LogP contribution in [0.15, 0.2) is 0 Å². The molecule has 0 radical (unpaired) electrons. The monoisotopic (exact) mass is 288 g/mol. The molecule has 2 rings (SSSR count). The molecule has 19 heavy (non-hydrogen) atoms. The molecule has 1 aliphatic carbocycles. The van der Waals surface area contributed by atoms with Crippen LogP contribution >= 0.6 is 12.4 Å². The van der Waals surface area contributed by atoms with Crippen molar-refractivity contribution in [3.8, 4) is 0 Å². The fourth-order valence-corrected chi connectivity index (χ4v) is 3.51. The normalized spacial score (nSPS) is 28.5. The van der Waals surface area contributed by atoms with Gasteiger partial charge in [0.25, 0.3) is 0 Å². The van der Waals surface area contributed by atoms with Crippen LogP contribution in [0.25, 0.3) is 0 Å². The molecule has 1 saturated heterocycles. The van der Waals surface area contributed by atoms with Crippen LogP contribution < -0.4 is 5.32 Å². The molecule has 0 spiro atoms. The number of hydrogen-bond acceptors (Lipinski definition) is 2. The van der Waals surface area contributed by atoms with Crippen molar-refractivity contribution in [2.45, 2.75) is 57.9 Å². The van der Waals surface area contributed by atoms with E-state index in [1.807, 2.05) is 11.9 Å². The summed E-state index contributed by atoms with van der Waals surface area (Å²) in [4.78, 5) is 14.4. The fraction of sp³-hybridized carbons (Fsp3) is 0.933. The molecular weight excluding hydrogens is 260 g/mol. The van der Waals surface area contributed by atoms with Gasteiger partial charge in [-0.3, -0.25) is 4.79 Å². The molecule has 1 amide bonds. The lowest BCUT2D eigenvalue weighted by Gasteiger charge is -2.33. The van der Waals surface area contributed by atoms with Gasteiger partial charge in [0.15, 0.2) is 0 Å². The number of nitrogens with one attached hydrogen (secondary N) is 1. The minimum absolute atomic E-state index is 0. The highest BCUT2D eigenvalue weighted by Gasteiger charge is 2.28. The molecule has 1 N–H and O–H groups in total. The van der Waals surface area contributed by atoms with E-state index in [1.54, 1.807) is 0 Å². The van der Waals surface area contributed by atoms with Crippen molar-refractivity contribution in [2.75, 3.05) is 20.1 Å². The molecule has 2 fully saturated rings. The van der Waals surface area contributed by atoms with Crippen LogP contribution in [0.4, 0.5) is 0 Å². The summed E-state index contributed by atoms with van der Waals surface area (Å²) in [6.45, 7) is 4.16. The van der Waals surface area contributed by atoms with E-state index in [2.05, 4.69) is 12.2 Å². The van der Waals surface area contributed by atoms with Gasteiger partial charge in [-0.1, -0.05) is 19.3 Å². The number of rotatable bonds is 3. The molecule has 112 valence electrons. The third kappa shape index (κ3) is 4.96. The number of carbonyl (C=O) groups is 1. The number of hydrogen-bond donors (Lipinski definition) is 1. The van der Waals surface area contributed by atoms with E-state index in [0.717, 1.165) is 31.8 Å². The van der Waals surface area contributed by atoms with E-state index in [4.69, 9.17) is 0 Å². The minimum atomic E-state index is 0. The van der Waals surface area contributed by atoms with Crippen molar-refractivity contribution in [3.63, 3.8) is 0 Å². The van der Waals surface area contributed by atoms with Gasteiger partial charge in [-0.2, -0.15) is 0 Å². The number of nitrogens with zero attached hydrogens (tertiary/aromatic N) is 1. The quantitative estimate of drug-likeness (QED) is 0.866. The lowest BCUT2D eigenvalue weighted by molar-refractivity contribution is -0.136. The van der Waals surface area contributed by atoms with Gasteiger partial charge in [-0.25, -0.2) is 0 Å². The van der Waals surface area contributed by atoms with Crippen LogP contribution in [0.1, 0.15) is 51.9 Å². The largest absolute Gasteiger partial charge is 0.345 e. The average Bonchev–Trinajstić information content (AvgIpc) is 2.39. The lowest BCUT2D eigenvalue weighted by atomic mass is 9.88. The van der Waals surface area contributed by atoms with Crippen molar-refractivity contribution in [3.05, 3.63) is 0 Å². The number of amides is 1. The van der Waals surface area contributed by atoms with E-state index in [-0.39, 0.29) is 18.3 Å². The summed E-state index contributed by atoms with van der Waals surface area (Å²) in [5, 5.41) is 3.42. The Bertz CT molecular complexity index is 279. The highest BCUT2D eigenvalue weighted by atomic mass is 35.5. The highest BCUT2D eigenvalue weighted by Crippen LogP contribution is 2.25. The van der Waals surface area contributed by atoms with Gasteiger partial charge < -0.3 is 10.2 Å². The van der Waals surface area contributed by atoms with Crippen LogP contribution in [0.2, 0.25) is 0 Å². The van der Waals surface area contributed by atoms with Crippen molar-refractivity contribution >= 4 is 18.3 Å². The maximum Gasteiger partial charge on any atom is 0.225 e. The van der Waals surface area contributed by atoms with Gasteiger partial charge in [0.2, 0.25) is 5.91 Å². The first kappa shape index (κ1) is 16.8. The van der Waals surface area contributed by atoms with Crippen molar-refractivity contribution in [2.24, 2.45) is 11.8 Å². The Labute approximate surface area is 123 Å². The molecule has 0 bridgehead atoms. The maximum absolute atomic E-state index is 12.4. The summed E-state index contributed by atoms with van der Waals surface area (Å²) < 4.78 is 0. The van der Waals surface area contributed by atoms with Gasteiger partial charge in [-0.05, 0) is 45.1 Å². The predicted octanol–water partition coefficient (Wildman–Crippen LogP) is 2.84. The van der Waals surface area contributed by atoms with Crippen molar-refractivity contribution in [1.82, 2.24) is 10.2 Å². The summed E-state index contributed by atoms with van der Waals surface area (Å²) >= 11 is 0. The van der Waals surface area contributed by atoms with Gasteiger partial charge in [0.05, 0.1) is 0 Å². The zero-order valence-electron chi connectivity index (χ0n) is 12.4. The molecule has 0 aromatic rings. The van der Waals surface area contributed by atoms with Crippen LogP contribution in [-0.2, 0) is 4.79 Å². The highest BCUT2D eigenvalue weighted by molar-refractivity contribution is 5.85. The third-order valence-electron chi connectivity index (χ3n) is 4.61. The zero-order valence-corrected chi connectivity index (χ0v) is 13.2. The van der Waals surface area contributed by atoms with Crippen molar-refractivity contribution in [1.29, 1.82) is 0 Å². The average molecular weight is 289 g/mol. The summed E-state index contributed by atoms with van der Waals surface area (Å²) in [6.07, 6.45) is 8.76. The molecule has 1 aliphatic heterocycles. The summed E-state index contributed by atoms with van der Waals surface area (Å²) in [6, 6.07) is 0.496. The van der Waals surface area contributed by atoms with Gasteiger partial charge in [-0.15, -0.1) is 12.4 Å². The van der Waals surface area contributed by atoms with E-state index in [0.29, 0.717) is 11.9 Å². The van der Waals surface area contributed by atoms with Gasteiger partial charge in [0.1, 0.15) is 0 Å². The van der Waals surface area contributed by atoms with Crippen molar-refractivity contribution < 1.29 is 4.79 Å². The summed E-state index contributed by atoms with van der Waals surface area (Å²) in [5.74, 6) is 1.40. The molecular formula is C15H29ClN2O. The van der Waals surface area contributed by atoms with Crippen LogP contribution in [0, 0.1) is 11.8 Å². The molecule has 1 heterocycles. The SMILES string of the molecule is C[C@H]1C[C@@H](C(=O)N(C)CC2CCCCC2)CCN1.Cl. The first-order chi connectivity index (χ1) is 8.66. The molecule has 0 aromatic carbocycles. The van der Waals surface area contributed by atoms with Crippen LogP contribution in [-0.4, -0.2) is 37.0 Å². The molecule has 0 aromatic heterocycles. The Morgan fingerprint density at radius 2 is 1.89 bits per heavy atom. The summed E-state index contributed by atoms with van der Waals surface area (Å²) in [5.41, 5.74) is 0. The predicted molar refractivity (Wildman–Crippen MR) is 81.6 cm³/mol. The Kier molecular flexibility index (Phi) is 7.16. The first-order valence-electron chi connectivity index (χ1n) is 7.65. The maximum atomic E-state index is 12.4. The van der Waals surface area contributed by atoms with Crippen LogP contribution in [0.3, 0.4) is 0 Å². The minimum Gasteiger partial charge on any atom is -0.345 e. The molecule has 2 atom stereocenters. The smallest absolute Gasteiger partial charge is 0.225 e. The van der Waals surface area contributed by atoms with E-state index < -0.39 is 0 Å². The Hall–Kier alpha value is -0.280. The number of piperidine rings is 1.